The Labute approximate surface area is 107 Å². The van der Waals surface area contributed by atoms with Crippen LogP contribution in [-0.4, -0.2) is 23.0 Å². The van der Waals surface area contributed by atoms with E-state index in [1.54, 1.807) is 0 Å². The van der Waals surface area contributed by atoms with Gasteiger partial charge in [-0.2, -0.15) is 0 Å². The number of nitrogens with one attached hydrogen (secondary N) is 1. The van der Waals surface area contributed by atoms with Gasteiger partial charge in [-0.05, 0) is 19.1 Å². The first kappa shape index (κ1) is 14.4. The summed E-state index contributed by atoms with van der Waals surface area (Å²) in [4.78, 5) is 22.0. The summed E-state index contributed by atoms with van der Waals surface area (Å²) in [5.74, 6) is -4.20. The van der Waals surface area contributed by atoms with E-state index in [1.165, 1.54) is 6.92 Å². The molecule has 0 heterocycles. The second-order valence-corrected chi connectivity index (χ2v) is 4.13. The zero-order valence-corrected chi connectivity index (χ0v) is 10.1. The molecule has 7 heteroatoms. The van der Waals surface area contributed by atoms with E-state index in [0.29, 0.717) is 12.1 Å². The third-order valence-corrected chi connectivity index (χ3v) is 2.43. The van der Waals surface area contributed by atoms with E-state index in [0.717, 1.165) is 0 Å². The molecule has 1 amide bonds. The zero-order chi connectivity index (χ0) is 13.9. The van der Waals surface area contributed by atoms with Gasteiger partial charge in [-0.1, -0.05) is 11.6 Å². The van der Waals surface area contributed by atoms with Crippen LogP contribution >= 0.6 is 11.6 Å². The number of aliphatic carboxylic acids is 1. The van der Waals surface area contributed by atoms with Crippen molar-refractivity contribution in [3.05, 3.63) is 34.4 Å². The maximum absolute atomic E-state index is 13.0. The molecular weight excluding hydrogens is 268 g/mol. The summed E-state index contributed by atoms with van der Waals surface area (Å²) >= 11 is 5.60. The Morgan fingerprint density at radius 1 is 1.39 bits per heavy atom. The molecule has 1 rings (SSSR count). The lowest BCUT2D eigenvalue weighted by atomic mass is 10.1. The van der Waals surface area contributed by atoms with Crippen LogP contribution in [0.1, 0.15) is 23.7 Å². The van der Waals surface area contributed by atoms with Crippen molar-refractivity contribution in [2.24, 2.45) is 0 Å². The fourth-order valence-corrected chi connectivity index (χ4v) is 1.55. The van der Waals surface area contributed by atoms with Gasteiger partial charge in [0.2, 0.25) is 0 Å². The largest absolute Gasteiger partial charge is 0.481 e. The normalized spacial score (nSPS) is 12.0. The van der Waals surface area contributed by atoms with Gasteiger partial charge in [-0.3, -0.25) is 9.59 Å². The molecule has 0 saturated carbocycles. The highest BCUT2D eigenvalue weighted by Gasteiger charge is 2.17. The molecule has 0 aliphatic heterocycles. The highest BCUT2D eigenvalue weighted by Crippen LogP contribution is 2.20. The van der Waals surface area contributed by atoms with Gasteiger partial charge in [0.05, 0.1) is 17.0 Å². The lowest BCUT2D eigenvalue weighted by Gasteiger charge is -2.12. The number of hydrogen-bond donors (Lipinski definition) is 2. The monoisotopic (exact) mass is 277 g/mol. The van der Waals surface area contributed by atoms with Crippen molar-refractivity contribution in [3.63, 3.8) is 0 Å². The predicted octanol–water partition coefficient (Wildman–Crippen LogP) is 2.21. The van der Waals surface area contributed by atoms with E-state index in [1.807, 2.05) is 0 Å². The first-order chi connectivity index (χ1) is 8.31. The summed E-state index contributed by atoms with van der Waals surface area (Å²) in [6.07, 6.45) is -0.285. The average molecular weight is 278 g/mol. The van der Waals surface area contributed by atoms with Gasteiger partial charge in [-0.25, -0.2) is 8.78 Å². The molecule has 0 fully saturated rings. The van der Waals surface area contributed by atoms with Crippen LogP contribution < -0.4 is 5.32 Å². The minimum Gasteiger partial charge on any atom is -0.481 e. The Morgan fingerprint density at radius 2 is 1.94 bits per heavy atom. The van der Waals surface area contributed by atoms with E-state index >= 15 is 0 Å². The second kappa shape index (κ2) is 5.77. The van der Waals surface area contributed by atoms with E-state index in [2.05, 4.69) is 5.32 Å². The predicted molar refractivity (Wildman–Crippen MR) is 60.5 cm³/mol. The van der Waals surface area contributed by atoms with Crippen molar-refractivity contribution in [1.82, 2.24) is 5.32 Å². The minimum absolute atomic E-state index is 0.242. The molecule has 98 valence electrons. The average Bonchev–Trinajstić information content (AvgIpc) is 2.21. The number of hydrogen-bond acceptors (Lipinski definition) is 2. The Bertz CT molecular complexity index is 493. The Kier molecular flexibility index (Phi) is 4.61. The molecule has 0 aliphatic rings. The van der Waals surface area contributed by atoms with Crippen LogP contribution in [0.3, 0.4) is 0 Å². The maximum atomic E-state index is 13.0. The van der Waals surface area contributed by atoms with Crippen molar-refractivity contribution >= 4 is 23.5 Å². The molecule has 1 atom stereocenters. The van der Waals surface area contributed by atoms with Crippen LogP contribution in [0.2, 0.25) is 5.02 Å². The first-order valence-corrected chi connectivity index (χ1v) is 5.36. The third kappa shape index (κ3) is 3.66. The summed E-state index contributed by atoms with van der Waals surface area (Å²) in [5.41, 5.74) is -0.243. The highest BCUT2D eigenvalue weighted by molar-refractivity contribution is 6.33. The molecule has 1 aromatic rings. The topological polar surface area (TPSA) is 66.4 Å². The van der Waals surface area contributed by atoms with Gasteiger partial charge in [0, 0.05) is 6.04 Å². The fraction of sp³-hybridized carbons (Fsp3) is 0.273. The number of carbonyl (C=O) groups excluding carboxylic acids is 1. The van der Waals surface area contributed by atoms with E-state index in [-0.39, 0.29) is 17.0 Å². The summed E-state index contributed by atoms with van der Waals surface area (Å²) in [5, 5.41) is 10.6. The van der Waals surface area contributed by atoms with Crippen LogP contribution in [0.15, 0.2) is 12.1 Å². The smallest absolute Gasteiger partial charge is 0.305 e. The Balaban J connectivity index is 2.85. The number of benzene rings is 1. The maximum Gasteiger partial charge on any atom is 0.305 e. The molecule has 1 unspecified atom stereocenters. The van der Waals surface area contributed by atoms with E-state index in [4.69, 9.17) is 16.7 Å². The Morgan fingerprint density at radius 3 is 2.50 bits per heavy atom. The third-order valence-electron chi connectivity index (χ3n) is 2.11. The molecule has 0 bridgehead atoms. The number of carbonyl (C=O) groups is 2. The molecule has 0 aromatic heterocycles. The molecule has 1 aromatic carbocycles. The van der Waals surface area contributed by atoms with Gasteiger partial charge in [0.15, 0.2) is 11.6 Å². The van der Waals surface area contributed by atoms with Gasteiger partial charge >= 0.3 is 5.97 Å². The quantitative estimate of drug-likeness (QED) is 0.829. The van der Waals surface area contributed by atoms with Gasteiger partial charge < -0.3 is 10.4 Å². The number of carboxylic acid groups (broad SMARTS) is 1. The molecule has 0 aliphatic carbocycles. The summed E-state index contributed by atoms with van der Waals surface area (Å²) in [7, 11) is 0. The first-order valence-electron chi connectivity index (χ1n) is 4.98. The second-order valence-electron chi connectivity index (χ2n) is 3.72. The molecule has 18 heavy (non-hydrogen) atoms. The van der Waals surface area contributed by atoms with Crippen molar-refractivity contribution in [2.45, 2.75) is 19.4 Å². The van der Waals surface area contributed by atoms with Crippen LogP contribution in [0, 0.1) is 11.6 Å². The molecule has 0 spiro atoms. The molecule has 0 radical (unpaired) electrons. The standard InChI is InChI=1S/C11H10ClF2NO3/c1-5(2-10(16)17)15-11(18)6-3-8(13)9(14)4-7(6)12/h3-5H,2H2,1H3,(H,15,18)(H,16,17). The van der Waals surface area contributed by atoms with Gasteiger partial charge in [-0.15, -0.1) is 0 Å². The van der Waals surface area contributed by atoms with Crippen molar-refractivity contribution in [1.29, 1.82) is 0 Å². The number of carboxylic acids is 1. The Hall–Kier alpha value is -1.69. The SMILES string of the molecule is CC(CC(=O)O)NC(=O)c1cc(F)c(F)cc1Cl. The highest BCUT2D eigenvalue weighted by atomic mass is 35.5. The number of rotatable bonds is 4. The summed E-state index contributed by atoms with van der Waals surface area (Å²) in [6.45, 7) is 1.47. The van der Waals surface area contributed by atoms with E-state index in [9.17, 15) is 18.4 Å². The van der Waals surface area contributed by atoms with E-state index < -0.39 is 29.6 Å². The van der Waals surface area contributed by atoms with Crippen molar-refractivity contribution in [3.8, 4) is 0 Å². The van der Waals surface area contributed by atoms with Crippen molar-refractivity contribution in [2.75, 3.05) is 0 Å². The van der Waals surface area contributed by atoms with Crippen LogP contribution in [0.25, 0.3) is 0 Å². The number of amides is 1. The lowest BCUT2D eigenvalue weighted by Crippen LogP contribution is -2.34. The van der Waals surface area contributed by atoms with Gasteiger partial charge in [0.25, 0.3) is 5.91 Å². The fourth-order valence-electron chi connectivity index (χ4n) is 1.31. The van der Waals surface area contributed by atoms with Crippen LogP contribution in [0.4, 0.5) is 8.78 Å². The molecule has 2 N–H and O–H groups in total. The van der Waals surface area contributed by atoms with Crippen molar-refractivity contribution < 1.29 is 23.5 Å². The molecule has 0 saturated heterocycles. The van der Waals surface area contributed by atoms with Crippen LogP contribution in [0.5, 0.6) is 0 Å². The summed E-state index contributed by atoms with van der Waals surface area (Å²) in [6, 6.07) is 0.702. The molecular formula is C11H10ClF2NO3. The van der Waals surface area contributed by atoms with Crippen LogP contribution in [-0.2, 0) is 4.79 Å². The zero-order valence-electron chi connectivity index (χ0n) is 9.34. The summed E-state index contributed by atoms with van der Waals surface area (Å²) < 4.78 is 25.7. The van der Waals surface area contributed by atoms with Gasteiger partial charge in [0.1, 0.15) is 0 Å². The number of halogens is 3. The minimum atomic E-state index is -1.20. The molecule has 4 nitrogen and oxygen atoms in total. The lowest BCUT2D eigenvalue weighted by molar-refractivity contribution is -0.137.